The third-order valence-electron chi connectivity index (χ3n) is 5.86. The van der Waals surface area contributed by atoms with Gasteiger partial charge >= 0.3 is 6.09 Å². The summed E-state index contributed by atoms with van der Waals surface area (Å²) in [6.07, 6.45) is -0.351. The summed E-state index contributed by atoms with van der Waals surface area (Å²) in [5, 5.41) is 10.1. The molecule has 4 rings (SSSR count). The van der Waals surface area contributed by atoms with Crippen LogP contribution in [0.5, 0.6) is 0 Å². The smallest absolute Gasteiger partial charge is 0.408 e. The molecule has 1 aliphatic heterocycles. The zero-order chi connectivity index (χ0) is 21.0. The quantitative estimate of drug-likeness (QED) is 0.535. The number of thiophene rings is 1. The standard InChI is InChI=1S/C21H22BrN3O3S/c1-20(2,3)21(18-23-14-11-15(22)29-16(14)17(26)24-18)13(9-10-25(21)19(27)28)12-7-5-4-6-8-12/h4-8,11,13H,9-10H2,1-3H3,(H,27,28)(H,23,24,26)/t13-,21-/m0/s1. The number of nitrogens with one attached hydrogen (secondary N) is 1. The number of halogens is 1. The number of rotatable bonds is 2. The molecule has 0 bridgehead atoms. The molecule has 0 radical (unpaired) electrons. The zero-order valence-corrected chi connectivity index (χ0v) is 18.8. The van der Waals surface area contributed by atoms with E-state index in [1.807, 2.05) is 57.2 Å². The van der Waals surface area contributed by atoms with Crippen molar-refractivity contribution in [2.24, 2.45) is 5.41 Å². The summed E-state index contributed by atoms with van der Waals surface area (Å²) in [7, 11) is 0. The Morgan fingerprint density at radius 1 is 1.34 bits per heavy atom. The molecule has 1 aromatic carbocycles. The van der Waals surface area contributed by atoms with Crippen LogP contribution in [0.25, 0.3) is 10.2 Å². The molecule has 3 aromatic rings. The van der Waals surface area contributed by atoms with E-state index in [9.17, 15) is 14.7 Å². The van der Waals surface area contributed by atoms with E-state index < -0.39 is 17.0 Å². The van der Waals surface area contributed by atoms with Gasteiger partial charge in [0.15, 0.2) is 0 Å². The molecule has 0 unspecified atom stereocenters. The van der Waals surface area contributed by atoms with E-state index in [4.69, 9.17) is 4.98 Å². The van der Waals surface area contributed by atoms with Crippen molar-refractivity contribution in [1.29, 1.82) is 0 Å². The van der Waals surface area contributed by atoms with Gasteiger partial charge in [0.1, 0.15) is 16.1 Å². The van der Waals surface area contributed by atoms with E-state index in [1.165, 1.54) is 16.2 Å². The van der Waals surface area contributed by atoms with E-state index >= 15 is 0 Å². The summed E-state index contributed by atoms with van der Waals surface area (Å²) in [5.74, 6) is 0.268. The fourth-order valence-corrected chi connectivity index (χ4v) is 6.26. The van der Waals surface area contributed by atoms with Gasteiger partial charge in [0.05, 0.1) is 9.30 Å². The van der Waals surface area contributed by atoms with E-state index in [1.54, 1.807) is 0 Å². The summed E-state index contributed by atoms with van der Waals surface area (Å²) >= 11 is 4.75. The molecule has 1 fully saturated rings. The predicted molar refractivity (Wildman–Crippen MR) is 118 cm³/mol. The van der Waals surface area contributed by atoms with Crippen molar-refractivity contribution in [1.82, 2.24) is 14.9 Å². The lowest BCUT2D eigenvalue weighted by Crippen LogP contribution is -2.56. The number of nitrogens with zero attached hydrogens (tertiary/aromatic N) is 2. The molecule has 29 heavy (non-hydrogen) atoms. The second-order valence-electron chi connectivity index (χ2n) is 8.38. The number of hydrogen-bond acceptors (Lipinski definition) is 4. The van der Waals surface area contributed by atoms with Crippen molar-refractivity contribution in [3.63, 3.8) is 0 Å². The third-order valence-corrected chi connectivity index (χ3v) is 7.49. The largest absolute Gasteiger partial charge is 0.465 e. The molecule has 3 heterocycles. The Morgan fingerprint density at radius 3 is 2.66 bits per heavy atom. The monoisotopic (exact) mass is 475 g/mol. The number of likely N-dealkylation sites (tertiary alicyclic amines) is 1. The molecular formula is C21H22BrN3O3S. The maximum atomic E-state index is 12.9. The summed E-state index contributed by atoms with van der Waals surface area (Å²) in [6.45, 7) is 6.41. The van der Waals surface area contributed by atoms with Crippen LogP contribution < -0.4 is 5.56 Å². The minimum atomic E-state index is -1.01. The summed E-state index contributed by atoms with van der Waals surface area (Å²) < 4.78 is 1.34. The van der Waals surface area contributed by atoms with Gasteiger partial charge in [-0.2, -0.15) is 0 Å². The highest BCUT2D eigenvalue weighted by Crippen LogP contribution is 2.57. The van der Waals surface area contributed by atoms with Crippen LogP contribution >= 0.6 is 27.3 Å². The molecule has 2 atom stereocenters. The second kappa shape index (κ2) is 6.95. The van der Waals surface area contributed by atoms with Gasteiger partial charge in [-0.3, -0.25) is 9.69 Å². The molecule has 1 amide bonds. The molecule has 2 aromatic heterocycles. The Kier molecular flexibility index (Phi) is 4.82. The Morgan fingerprint density at radius 2 is 2.03 bits per heavy atom. The first-order valence-corrected chi connectivity index (χ1v) is 11.0. The third kappa shape index (κ3) is 3.00. The second-order valence-corrected chi connectivity index (χ2v) is 10.8. The van der Waals surface area contributed by atoms with Gasteiger partial charge in [-0.15, -0.1) is 11.3 Å². The first-order chi connectivity index (χ1) is 13.7. The average molecular weight is 476 g/mol. The number of fused-ring (bicyclic) bond motifs is 1. The predicted octanol–water partition coefficient (Wildman–Crippen LogP) is 5.16. The number of benzene rings is 1. The molecule has 1 saturated heterocycles. The number of aromatic amines is 1. The van der Waals surface area contributed by atoms with Crippen molar-refractivity contribution in [3.8, 4) is 0 Å². The number of carbonyl (C=O) groups is 1. The van der Waals surface area contributed by atoms with Gasteiger partial charge in [-0.25, -0.2) is 9.78 Å². The SMILES string of the molecule is CC(C)(C)[C@@]1(c2nc3cc(Br)sc3c(=O)[nH]2)[C@H](c2ccccc2)CCN1C(=O)O. The van der Waals surface area contributed by atoms with Gasteiger partial charge in [-0.05, 0) is 39.4 Å². The zero-order valence-electron chi connectivity index (χ0n) is 16.4. The lowest BCUT2D eigenvalue weighted by molar-refractivity contribution is 0.00981. The highest BCUT2D eigenvalue weighted by atomic mass is 79.9. The topological polar surface area (TPSA) is 86.3 Å². The van der Waals surface area contributed by atoms with Crippen molar-refractivity contribution in [2.75, 3.05) is 6.54 Å². The molecule has 8 heteroatoms. The fraction of sp³-hybridized carbons (Fsp3) is 0.381. The van der Waals surface area contributed by atoms with Gasteiger partial charge < -0.3 is 10.1 Å². The van der Waals surface area contributed by atoms with Crippen LogP contribution in [0.1, 0.15) is 44.5 Å². The molecule has 0 aliphatic carbocycles. The molecule has 0 saturated carbocycles. The van der Waals surface area contributed by atoms with Crippen LogP contribution in [0.15, 0.2) is 45.0 Å². The average Bonchev–Trinajstić information content (AvgIpc) is 3.23. The Bertz CT molecular complexity index is 1140. The first-order valence-electron chi connectivity index (χ1n) is 9.41. The first kappa shape index (κ1) is 20.1. The van der Waals surface area contributed by atoms with E-state index in [0.29, 0.717) is 29.0 Å². The van der Waals surface area contributed by atoms with Crippen LogP contribution in [0, 0.1) is 5.41 Å². The Labute approximate surface area is 180 Å². The van der Waals surface area contributed by atoms with Gasteiger partial charge in [0.2, 0.25) is 0 Å². The van der Waals surface area contributed by atoms with E-state index in [2.05, 4.69) is 20.9 Å². The Balaban J connectivity index is 2.07. The van der Waals surface area contributed by atoms with E-state index in [0.717, 1.165) is 9.35 Å². The minimum Gasteiger partial charge on any atom is -0.465 e. The molecule has 0 spiro atoms. The number of carboxylic acid groups (broad SMARTS) is 1. The molecule has 6 nitrogen and oxygen atoms in total. The van der Waals surface area contributed by atoms with Crippen molar-refractivity contribution in [2.45, 2.75) is 38.6 Å². The van der Waals surface area contributed by atoms with Crippen LogP contribution in [0.4, 0.5) is 4.79 Å². The van der Waals surface area contributed by atoms with Gasteiger partial charge in [0.25, 0.3) is 5.56 Å². The number of H-pyrrole nitrogens is 1. The Hall–Kier alpha value is -2.19. The lowest BCUT2D eigenvalue weighted by atomic mass is 9.64. The minimum absolute atomic E-state index is 0.137. The van der Waals surface area contributed by atoms with Crippen molar-refractivity contribution >= 4 is 43.6 Å². The number of hydrogen-bond donors (Lipinski definition) is 2. The van der Waals surface area contributed by atoms with Crippen LogP contribution in [0.2, 0.25) is 0 Å². The summed E-state index contributed by atoms with van der Waals surface area (Å²) in [5.41, 5.74) is -0.164. The highest BCUT2D eigenvalue weighted by Gasteiger charge is 2.61. The molecule has 1 aliphatic rings. The molecule has 152 valence electrons. The summed E-state index contributed by atoms with van der Waals surface area (Å²) in [4.78, 5) is 34.5. The van der Waals surface area contributed by atoms with Crippen LogP contribution in [0.3, 0.4) is 0 Å². The maximum Gasteiger partial charge on any atom is 0.408 e. The summed E-state index contributed by atoms with van der Waals surface area (Å²) in [6, 6.07) is 11.7. The van der Waals surface area contributed by atoms with Gasteiger partial charge in [-0.1, -0.05) is 51.1 Å². The lowest BCUT2D eigenvalue weighted by Gasteiger charge is -2.49. The normalized spacial score (nSPS) is 22.3. The molecular weight excluding hydrogens is 454 g/mol. The number of amides is 1. The molecule has 2 N–H and O–H groups in total. The highest BCUT2D eigenvalue weighted by molar-refractivity contribution is 9.11. The van der Waals surface area contributed by atoms with Crippen molar-refractivity contribution < 1.29 is 9.90 Å². The van der Waals surface area contributed by atoms with Crippen LogP contribution in [-0.4, -0.2) is 32.6 Å². The van der Waals surface area contributed by atoms with E-state index in [-0.39, 0.29) is 11.5 Å². The fourth-order valence-electron chi connectivity index (χ4n) is 4.84. The van der Waals surface area contributed by atoms with Crippen LogP contribution in [-0.2, 0) is 5.54 Å². The number of aromatic nitrogens is 2. The van der Waals surface area contributed by atoms with Gasteiger partial charge in [0, 0.05) is 12.5 Å². The van der Waals surface area contributed by atoms with Crippen molar-refractivity contribution in [3.05, 3.63) is 61.9 Å². The maximum absolute atomic E-state index is 12.9.